The number of anilines is 1. The summed E-state index contributed by atoms with van der Waals surface area (Å²) in [6.07, 6.45) is 0.482. The van der Waals surface area contributed by atoms with Crippen molar-refractivity contribution in [3.05, 3.63) is 17.0 Å². The summed E-state index contributed by atoms with van der Waals surface area (Å²) < 4.78 is 37.6. The fraction of sp³-hybridized carbons (Fsp3) is 0.818. The highest BCUT2D eigenvalue weighted by Crippen LogP contribution is 2.42. The molecule has 0 spiro atoms. The number of ether oxygens (including phenoxy) is 1. The highest BCUT2D eigenvalue weighted by molar-refractivity contribution is 7.90. The van der Waals surface area contributed by atoms with E-state index >= 15 is 0 Å². The van der Waals surface area contributed by atoms with E-state index in [9.17, 15) is 8.42 Å². The number of hydrogen-bond acceptors (Lipinski definition) is 7. The van der Waals surface area contributed by atoms with Crippen molar-refractivity contribution in [2.45, 2.75) is 83.3 Å². The van der Waals surface area contributed by atoms with Gasteiger partial charge >= 0.3 is 0 Å². The van der Waals surface area contributed by atoms with Crippen LogP contribution in [0.3, 0.4) is 0 Å². The minimum atomic E-state index is -3.35. The number of halogens is 1. The monoisotopic (exact) mass is 505 g/mol. The summed E-state index contributed by atoms with van der Waals surface area (Å²) in [6.45, 7) is 17.8. The van der Waals surface area contributed by atoms with Crippen LogP contribution >= 0.6 is 11.6 Å². The Kier molecular flexibility index (Phi) is 9.97. The van der Waals surface area contributed by atoms with E-state index in [0.717, 1.165) is 0 Å². The third kappa shape index (κ3) is 6.88. The Morgan fingerprint density at radius 1 is 1.19 bits per heavy atom. The van der Waals surface area contributed by atoms with Gasteiger partial charge < -0.3 is 14.1 Å². The standard InChI is InChI=1S/C22H40ClN3O4SSi/c1-16(2)32(17(3)4,18(5)6)30-10-8-12-31(27,28)15-20-13-21(25-22(23)24-20)26-9-11-29-14-19(26)7/h13,16-19H,8-12,14-15H2,1-7H3/t19-/m0/s1. The van der Waals surface area contributed by atoms with E-state index in [1.165, 1.54) is 0 Å². The summed E-state index contributed by atoms with van der Waals surface area (Å²) in [4.78, 5) is 10.6. The summed E-state index contributed by atoms with van der Waals surface area (Å²) in [5, 5.41) is 0.0660. The number of nitrogens with zero attached hydrogens (tertiary/aromatic N) is 3. The summed E-state index contributed by atoms with van der Waals surface area (Å²) in [5.74, 6) is 0.564. The molecule has 0 bridgehead atoms. The van der Waals surface area contributed by atoms with E-state index < -0.39 is 18.2 Å². The molecule has 2 heterocycles. The van der Waals surface area contributed by atoms with Gasteiger partial charge in [0.25, 0.3) is 0 Å². The molecule has 1 saturated heterocycles. The van der Waals surface area contributed by atoms with E-state index in [0.29, 0.717) is 60.9 Å². The van der Waals surface area contributed by atoms with E-state index in [1.807, 2.05) is 6.92 Å². The van der Waals surface area contributed by atoms with Gasteiger partial charge in [0.1, 0.15) is 5.82 Å². The third-order valence-electron chi connectivity index (χ3n) is 6.43. The van der Waals surface area contributed by atoms with Gasteiger partial charge in [-0.3, -0.25) is 0 Å². The summed E-state index contributed by atoms with van der Waals surface area (Å²) in [5.41, 5.74) is 1.85. The van der Waals surface area contributed by atoms with Gasteiger partial charge in [-0.25, -0.2) is 18.4 Å². The normalized spacial score (nSPS) is 18.2. The Labute approximate surface area is 200 Å². The molecule has 1 aliphatic heterocycles. The second-order valence-corrected chi connectivity index (χ2v) is 17.7. The SMILES string of the molecule is CC(C)[Si](OCCCS(=O)(=O)Cc1cc(N2CCOC[C@@H]2C)nc(Cl)n1)(C(C)C)C(C)C. The van der Waals surface area contributed by atoms with Crippen LogP contribution in [-0.2, 0) is 24.8 Å². The highest BCUT2D eigenvalue weighted by Gasteiger charge is 2.44. The van der Waals surface area contributed by atoms with Crippen LogP contribution in [0.25, 0.3) is 0 Å². The van der Waals surface area contributed by atoms with Crippen molar-refractivity contribution < 1.29 is 17.6 Å². The molecule has 1 atom stereocenters. The van der Waals surface area contributed by atoms with E-state index in [1.54, 1.807) is 6.07 Å². The van der Waals surface area contributed by atoms with Crippen LogP contribution in [0.15, 0.2) is 6.07 Å². The fourth-order valence-corrected chi connectivity index (χ4v) is 12.1. The Bertz CT molecular complexity index is 830. The fourth-order valence-electron chi connectivity index (χ4n) is 5.07. The molecule has 7 nitrogen and oxygen atoms in total. The second-order valence-electron chi connectivity index (χ2n) is 9.72. The van der Waals surface area contributed by atoms with Gasteiger partial charge in [0.15, 0.2) is 18.2 Å². The van der Waals surface area contributed by atoms with Gasteiger partial charge in [0.2, 0.25) is 5.28 Å². The molecular weight excluding hydrogens is 466 g/mol. The number of hydrogen-bond donors (Lipinski definition) is 0. The predicted molar refractivity (Wildman–Crippen MR) is 134 cm³/mol. The smallest absolute Gasteiger partial charge is 0.224 e. The van der Waals surface area contributed by atoms with Gasteiger partial charge in [-0.05, 0) is 41.6 Å². The van der Waals surface area contributed by atoms with Gasteiger partial charge in [-0.2, -0.15) is 0 Å². The average molecular weight is 506 g/mol. The average Bonchev–Trinajstić information content (AvgIpc) is 2.66. The highest BCUT2D eigenvalue weighted by atomic mass is 35.5. The van der Waals surface area contributed by atoms with Crippen LogP contribution in [0, 0.1) is 0 Å². The lowest BCUT2D eigenvalue weighted by atomic mass is 10.2. The first-order valence-electron chi connectivity index (χ1n) is 11.6. The van der Waals surface area contributed by atoms with Crippen LogP contribution in [-0.4, -0.2) is 64.9 Å². The molecule has 32 heavy (non-hydrogen) atoms. The molecule has 0 unspecified atom stereocenters. The molecule has 0 radical (unpaired) electrons. The largest absolute Gasteiger partial charge is 0.416 e. The van der Waals surface area contributed by atoms with Gasteiger partial charge in [0.05, 0.1) is 36.5 Å². The number of sulfone groups is 1. The molecule has 0 N–H and O–H groups in total. The minimum Gasteiger partial charge on any atom is -0.416 e. The summed E-state index contributed by atoms with van der Waals surface area (Å²) >= 11 is 6.12. The van der Waals surface area contributed by atoms with Crippen molar-refractivity contribution in [3.63, 3.8) is 0 Å². The van der Waals surface area contributed by atoms with Crippen molar-refractivity contribution in [2.24, 2.45) is 0 Å². The zero-order valence-electron chi connectivity index (χ0n) is 20.6. The van der Waals surface area contributed by atoms with Crippen molar-refractivity contribution in [2.75, 3.05) is 37.0 Å². The summed E-state index contributed by atoms with van der Waals surface area (Å²) in [7, 11) is -5.34. The van der Waals surface area contributed by atoms with Crippen LogP contribution in [0.2, 0.25) is 21.9 Å². The number of morpholine rings is 1. The van der Waals surface area contributed by atoms with Gasteiger partial charge in [-0.1, -0.05) is 41.5 Å². The second kappa shape index (κ2) is 11.6. The van der Waals surface area contributed by atoms with Crippen molar-refractivity contribution >= 4 is 35.6 Å². The molecule has 1 aromatic heterocycles. The third-order valence-corrected chi connectivity index (χ3v) is 14.4. The molecule has 1 fully saturated rings. The van der Waals surface area contributed by atoms with Gasteiger partial charge in [-0.15, -0.1) is 0 Å². The first kappa shape index (κ1) is 27.5. The summed E-state index contributed by atoms with van der Waals surface area (Å²) in [6, 6.07) is 1.87. The molecule has 0 aliphatic carbocycles. The Morgan fingerprint density at radius 3 is 2.38 bits per heavy atom. The first-order chi connectivity index (χ1) is 14.9. The van der Waals surface area contributed by atoms with Crippen molar-refractivity contribution in [1.29, 1.82) is 0 Å². The van der Waals surface area contributed by atoms with E-state index in [-0.39, 0.29) is 22.8 Å². The molecule has 2 rings (SSSR count). The number of rotatable bonds is 11. The lowest BCUT2D eigenvalue weighted by molar-refractivity contribution is 0.0985. The molecule has 10 heteroatoms. The molecule has 0 aromatic carbocycles. The zero-order valence-corrected chi connectivity index (χ0v) is 23.2. The van der Waals surface area contributed by atoms with Crippen LogP contribution in [0.4, 0.5) is 5.82 Å². The molecule has 184 valence electrons. The van der Waals surface area contributed by atoms with Gasteiger partial charge in [0, 0.05) is 19.2 Å². The van der Waals surface area contributed by atoms with Crippen LogP contribution < -0.4 is 4.90 Å². The van der Waals surface area contributed by atoms with Crippen LogP contribution in [0.1, 0.15) is 60.6 Å². The van der Waals surface area contributed by atoms with Crippen molar-refractivity contribution in [1.82, 2.24) is 9.97 Å². The molecule has 0 saturated carbocycles. The predicted octanol–water partition coefficient (Wildman–Crippen LogP) is 4.85. The maximum absolute atomic E-state index is 12.8. The topological polar surface area (TPSA) is 81.6 Å². The lowest BCUT2D eigenvalue weighted by Crippen LogP contribution is -2.48. The van der Waals surface area contributed by atoms with E-state index in [2.05, 4.69) is 56.4 Å². The molecule has 1 aromatic rings. The molecule has 0 amide bonds. The number of aromatic nitrogens is 2. The molecule has 1 aliphatic rings. The zero-order chi connectivity index (χ0) is 24.1. The Balaban J connectivity index is 2.02. The van der Waals surface area contributed by atoms with Crippen LogP contribution in [0.5, 0.6) is 0 Å². The van der Waals surface area contributed by atoms with Crippen molar-refractivity contribution in [3.8, 4) is 0 Å². The maximum Gasteiger partial charge on any atom is 0.224 e. The molecular formula is C22H40ClN3O4SSi. The Morgan fingerprint density at radius 2 is 1.81 bits per heavy atom. The lowest BCUT2D eigenvalue weighted by Gasteiger charge is -2.42. The minimum absolute atomic E-state index is 0.0660. The Hall–Kier alpha value is -0.743. The first-order valence-corrected chi connectivity index (χ1v) is 15.9. The van der Waals surface area contributed by atoms with E-state index in [4.69, 9.17) is 20.8 Å². The quantitative estimate of drug-likeness (QED) is 0.241. The maximum atomic E-state index is 12.8.